The Morgan fingerprint density at radius 2 is 1.89 bits per heavy atom. The number of hydrogen-bond acceptors (Lipinski definition) is 3. The zero-order valence-corrected chi connectivity index (χ0v) is 11.5. The monoisotopic (exact) mass is 252 g/mol. The summed E-state index contributed by atoms with van der Waals surface area (Å²) in [5, 5.41) is 0. The van der Waals surface area contributed by atoms with Crippen LogP contribution in [0.2, 0.25) is 0 Å². The Morgan fingerprint density at radius 3 is 2.39 bits per heavy atom. The van der Waals surface area contributed by atoms with Crippen LogP contribution in [0.4, 0.5) is 10.1 Å². The van der Waals surface area contributed by atoms with Crippen LogP contribution in [-0.4, -0.2) is 44.9 Å². The number of Topliss-reactive ketones (excluding diaryl/α,β-unsaturated/α-hetero) is 1. The number of halogens is 1. The first-order valence-corrected chi connectivity index (χ1v) is 6.08. The molecule has 0 aliphatic heterocycles. The van der Waals surface area contributed by atoms with Gasteiger partial charge in [-0.25, -0.2) is 4.39 Å². The Hall–Kier alpha value is -1.42. The Morgan fingerprint density at radius 1 is 1.22 bits per heavy atom. The molecule has 1 aromatic carbocycles. The summed E-state index contributed by atoms with van der Waals surface area (Å²) in [5.74, 6) is -0.453. The van der Waals surface area contributed by atoms with Gasteiger partial charge in [-0.15, -0.1) is 0 Å². The third-order valence-electron chi connectivity index (χ3n) is 2.86. The molecule has 3 nitrogen and oxygen atoms in total. The molecule has 18 heavy (non-hydrogen) atoms. The molecule has 0 saturated heterocycles. The molecule has 0 unspecified atom stereocenters. The molecule has 100 valence electrons. The minimum absolute atomic E-state index is 0.115. The largest absolute Gasteiger partial charge is 0.372 e. The number of rotatable bonds is 6. The van der Waals surface area contributed by atoms with Crippen LogP contribution in [0.1, 0.15) is 23.7 Å². The average molecular weight is 252 g/mol. The van der Waals surface area contributed by atoms with E-state index in [-0.39, 0.29) is 11.6 Å². The van der Waals surface area contributed by atoms with Crippen LogP contribution in [0.25, 0.3) is 0 Å². The lowest BCUT2D eigenvalue weighted by molar-refractivity contribution is 0.101. The zero-order chi connectivity index (χ0) is 13.7. The molecule has 0 N–H and O–H groups in total. The van der Waals surface area contributed by atoms with Crippen molar-refractivity contribution in [1.82, 2.24) is 4.90 Å². The number of ketones is 1. The molecular formula is C14H21FN2O. The van der Waals surface area contributed by atoms with Gasteiger partial charge in [-0.2, -0.15) is 0 Å². The van der Waals surface area contributed by atoms with E-state index in [2.05, 4.69) is 4.90 Å². The van der Waals surface area contributed by atoms with Crippen molar-refractivity contribution >= 4 is 11.5 Å². The van der Waals surface area contributed by atoms with Crippen molar-refractivity contribution in [2.45, 2.75) is 13.3 Å². The molecule has 0 saturated carbocycles. The van der Waals surface area contributed by atoms with Crippen molar-refractivity contribution < 1.29 is 9.18 Å². The first kappa shape index (κ1) is 14.6. The Labute approximate surface area is 108 Å². The quantitative estimate of drug-likeness (QED) is 0.726. The smallest absolute Gasteiger partial charge is 0.159 e. The molecule has 0 heterocycles. The van der Waals surface area contributed by atoms with Crippen molar-refractivity contribution in [1.29, 1.82) is 0 Å². The molecule has 0 aliphatic rings. The van der Waals surface area contributed by atoms with Crippen molar-refractivity contribution in [3.63, 3.8) is 0 Å². The van der Waals surface area contributed by atoms with E-state index in [1.807, 2.05) is 26.0 Å². The molecular weight excluding hydrogens is 231 g/mol. The second kappa shape index (κ2) is 6.50. The van der Waals surface area contributed by atoms with Gasteiger partial charge in [0, 0.05) is 19.2 Å². The highest BCUT2D eigenvalue weighted by molar-refractivity contribution is 5.94. The Balaban J connectivity index is 2.68. The standard InChI is InChI=1S/C14H21FN2O/c1-11(18)12-6-7-14(13(15)10-12)17(4)9-5-8-16(2)3/h6-7,10H,5,8-9H2,1-4H3. The van der Waals surface area contributed by atoms with Crippen LogP contribution in [0.3, 0.4) is 0 Å². The van der Waals surface area contributed by atoms with Crippen LogP contribution >= 0.6 is 0 Å². The Kier molecular flexibility index (Phi) is 5.28. The molecule has 0 bridgehead atoms. The predicted octanol–water partition coefficient (Wildman–Crippen LogP) is 2.42. The Bertz CT molecular complexity index is 418. The molecule has 0 radical (unpaired) electrons. The van der Waals surface area contributed by atoms with E-state index in [1.165, 1.54) is 13.0 Å². The molecule has 0 fully saturated rings. The number of benzene rings is 1. The SMILES string of the molecule is CC(=O)c1ccc(N(C)CCCN(C)C)c(F)c1. The summed E-state index contributed by atoms with van der Waals surface area (Å²) in [5.41, 5.74) is 0.955. The molecule has 0 aromatic heterocycles. The first-order chi connectivity index (χ1) is 8.41. The molecule has 4 heteroatoms. The molecule has 1 aromatic rings. The van der Waals surface area contributed by atoms with E-state index >= 15 is 0 Å². The molecule has 1 rings (SSSR count). The highest BCUT2D eigenvalue weighted by Gasteiger charge is 2.10. The maximum Gasteiger partial charge on any atom is 0.159 e. The fraction of sp³-hybridized carbons (Fsp3) is 0.500. The number of carbonyl (C=O) groups excluding carboxylic acids is 1. The van der Waals surface area contributed by atoms with E-state index in [4.69, 9.17) is 0 Å². The summed E-state index contributed by atoms with van der Waals surface area (Å²) in [6.07, 6.45) is 0.970. The number of nitrogens with zero attached hydrogens (tertiary/aromatic N) is 2. The third kappa shape index (κ3) is 4.11. The van der Waals surface area contributed by atoms with Crippen LogP contribution in [0.5, 0.6) is 0 Å². The molecule has 0 amide bonds. The van der Waals surface area contributed by atoms with Gasteiger partial charge >= 0.3 is 0 Å². The average Bonchev–Trinajstić information content (AvgIpc) is 2.27. The van der Waals surface area contributed by atoms with Crippen molar-refractivity contribution in [3.8, 4) is 0 Å². The number of carbonyl (C=O) groups is 1. The van der Waals surface area contributed by atoms with Gasteiger partial charge in [0.1, 0.15) is 5.82 Å². The lowest BCUT2D eigenvalue weighted by atomic mass is 10.1. The van der Waals surface area contributed by atoms with Gasteiger partial charge in [-0.05, 0) is 52.2 Å². The molecule has 0 spiro atoms. The van der Waals surface area contributed by atoms with Crippen molar-refractivity contribution in [2.75, 3.05) is 39.1 Å². The van der Waals surface area contributed by atoms with Crippen molar-refractivity contribution in [2.24, 2.45) is 0 Å². The lowest BCUT2D eigenvalue weighted by Crippen LogP contribution is -2.24. The summed E-state index contributed by atoms with van der Waals surface area (Å²) in [4.78, 5) is 15.1. The topological polar surface area (TPSA) is 23.6 Å². The fourth-order valence-corrected chi connectivity index (χ4v) is 1.78. The number of anilines is 1. The summed E-state index contributed by atoms with van der Waals surface area (Å²) >= 11 is 0. The second-order valence-corrected chi connectivity index (χ2v) is 4.80. The van der Waals surface area contributed by atoms with Gasteiger partial charge in [0.05, 0.1) is 5.69 Å². The van der Waals surface area contributed by atoms with E-state index in [1.54, 1.807) is 12.1 Å². The van der Waals surface area contributed by atoms with Crippen LogP contribution in [-0.2, 0) is 0 Å². The summed E-state index contributed by atoms with van der Waals surface area (Å²) in [7, 11) is 5.89. The lowest BCUT2D eigenvalue weighted by Gasteiger charge is -2.21. The highest BCUT2D eigenvalue weighted by Crippen LogP contribution is 2.19. The van der Waals surface area contributed by atoms with Crippen LogP contribution in [0, 0.1) is 5.82 Å². The third-order valence-corrected chi connectivity index (χ3v) is 2.86. The van der Waals surface area contributed by atoms with Gasteiger partial charge in [0.25, 0.3) is 0 Å². The minimum Gasteiger partial charge on any atom is -0.372 e. The summed E-state index contributed by atoms with van der Waals surface area (Å²) in [6.45, 7) is 3.20. The van der Waals surface area contributed by atoms with Gasteiger partial charge in [0.15, 0.2) is 5.78 Å². The minimum atomic E-state index is -0.338. The van der Waals surface area contributed by atoms with E-state index in [9.17, 15) is 9.18 Å². The summed E-state index contributed by atoms with van der Waals surface area (Å²) < 4.78 is 13.8. The van der Waals surface area contributed by atoms with Crippen LogP contribution < -0.4 is 4.90 Å². The summed E-state index contributed by atoms with van der Waals surface area (Å²) in [6, 6.07) is 4.64. The first-order valence-electron chi connectivity index (χ1n) is 6.08. The maximum atomic E-state index is 13.8. The normalized spacial score (nSPS) is 10.8. The van der Waals surface area contributed by atoms with Crippen molar-refractivity contribution in [3.05, 3.63) is 29.6 Å². The van der Waals surface area contributed by atoms with Gasteiger partial charge in [0.2, 0.25) is 0 Å². The van der Waals surface area contributed by atoms with E-state index in [0.717, 1.165) is 19.5 Å². The predicted molar refractivity (Wildman–Crippen MR) is 72.8 cm³/mol. The van der Waals surface area contributed by atoms with E-state index in [0.29, 0.717) is 11.3 Å². The van der Waals surface area contributed by atoms with Gasteiger partial charge in [-0.3, -0.25) is 4.79 Å². The zero-order valence-electron chi connectivity index (χ0n) is 11.5. The highest BCUT2D eigenvalue weighted by atomic mass is 19.1. The fourth-order valence-electron chi connectivity index (χ4n) is 1.78. The maximum absolute atomic E-state index is 13.8. The molecule has 0 aliphatic carbocycles. The van der Waals surface area contributed by atoms with Gasteiger partial charge < -0.3 is 9.80 Å². The molecule has 0 atom stereocenters. The number of hydrogen-bond donors (Lipinski definition) is 0. The van der Waals surface area contributed by atoms with Gasteiger partial charge in [-0.1, -0.05) is 0 Å². The van der Waals surface area contributed by atoms with Crippen LogP contribution in [0.15, 0.2) is 18.2 Å². The second-order valence-electron chi connectivity index (χ2n) is 4.80. The van der Waals surface area contributed by atoms with E-state index < -0.39 is 0 Å².